The first-order chi connectivity index (χ1) is 13.5. The molecule has 0 aliphatic carbocycles. The van der Waals surface area contributed by atoms with Gasteiger partial charge in [-0.3, -0.25) is 4.79 Å². The number of aromatic carboxylic acids is 1. The molecule has 0 radical (unpaired) electrons. The number of hydrogen-bond acceptors (Lipinski definition) is 2. The molecule has 2 N–H and O–H groups in total. The zero-order valence-electron chi connectivity index (χ0n) is 15.8. The fourth-order valence-corrected chi connectivity index (χ4v) is 2.33. The highest BCUT2D eigenvalue weighted by molar-refractivity contribution is 6.05. The molecule has 4 heteroatoms. The van der Waals surface area contributed by atoms with E-state index in [1.165, 1.54) is 24.7 Å². The van der Waals surface area contributed by atoms with Crippen LogP contribution in [0.15, 0.2) is 78.9 Å². The lowest BCUT2D eigenvalue weighted by molar-refractivity contribution is 0.0691. The van der Waals surface area contributed by atoms with Crippen molar-refractivity contribution < 1.29 is 14.7 Å². The van der Waals surface area contributed by atoms with Gasteiger partial charge in [-0.1, -0.05) is 65.9 Å². The first kappa shape index (κ1) is 20.5. The second-order valence-corrected chi connectivity index (χ2v) is 5.92. The van der Waals surface area contributed by atoms with E-state index >= 15 is 0 Å². The minimum absolute atomic E-state index is 0.0420. The summed E-state index contributed by atoms with van der Waals surface area (Å²) in [5.74, 6) is 4.30. The molecule has 0 saturated heterocycles. The monoisotopic (exact) mass is 371 g/mol. The molecule has 0 bridgehead atoms. The molecule has 0 spiro atoms. The standard InChI is InChI=1S/C17H13NO3.C7H8/c1-18-16(19)15-11-13(9-10-14(15)17(20)21)8-7-12-5-3-2-4-6-12;1-7-5-3-2-4-6-7/h2-6,9-11H,1H3,(H,18,19)(H,20,21);2-6H,1H3. The van der Waals surface area contributed by atoms with Crippen LogP contribution in [0.2, 0.25) is 0 Å². The molecule has 3 aromatic rings. The molecule has 0 aromatic heterocycles. The molecule has 0 aliphatic heterocycles. The number of carbonyl (C=O) groups excluding carboxylic acids is 1. The van der Waals surface area contributed by atoms with Gasteiger partial charge in [0.2, 0.25) is 0 Å². The Morgan fingerprint density at radius 1 is 0.786 bits per heavy atom. The van der Waals surface area contributed by atoms with E-state index in [0.29, 0.717) is 5.56 Å². The Balaban J connectivity index is 0.000000336. The Morgan fingerprint density at radius 3 is 1.86 bits per heavy atom. The third-order valence-corrected chi connectivity index (χ3v) is 3.79. The lowest BCUT2D eigenvalue weighted by Crippen LogP contribution is -2.21. The van der Waals surface area contributed by atoms with Crippen LogP contribution in [0.4, 0.5) is 0 Å². The summed E-state index contributed by atoms with van der Waals surface area (Å²) in [6.07, 6.45) is 0. The van der Waals surface area contributed by atoms with E-state index in [-0.39, 0.29) is 11.1 Å². The zero-order chi connectivity index (χ0) is 20.4. The van der Waals surface area contributed by atoms with Crippen molar-refractivity contribution in [3.05, 3.63) is 107 Å². The van der Waals surface area contributed by atoms with E-state index in [0.717, 1.165) is 5.56 Å². The molecule has 0 heterocycles. The van der Waals surface area contributed by atoms with E-state index in [2.05, 4.69) is 36.2 Å². The second-order valence-electron chi connectivity index (χ2n) is 5.92. The summed E-state index contributed by atoms with van der Waals surface area (Å²) in [4.78, 5) is 22.9. The number of hydrogen-bond donors (Lipinski definition) is 2. The van der Waals surface area contributed by atoms with Crippen molar-refractivity contribution >= 4 is 11.9 Å². The van der Waals surface area contributed by atoms with E-state index in [1.54, 1.807) is 6.07 Å². The molecular weight excluding hydrogens is 350 g/mol. The van der Waals surface area contributed by atoms with Crippen LogP contribution >= 0.6 is 0 Å². The van der Waals surface area contributed by atoms with Crippen LogP contribution in [-0.4, -0.2) is 24.0 Å². The van der Waals surface area contributed by atoms with Crippen molar-refractivity contribution in [1.29, 1.82) is 0 Å². The third-order valence-electron chi connectivity index (χ3n) is 3.79. The van der Waals surface area contributed by atoms with Gasteiger partial charge in [0, 0.05) is 18.2 Å². The summed E-state index contributed by atoms with van der Waals surface area (Å²) in [5, 5.41) is 11.5. The van der Waals surface area contributed by atoms with E-state index in [1.807, 2.05) is 48.5 Å². The highest BCUT2D eigenvalue weighted by Gasteiger charge is 2.15. The van der Waals surface area contributed by atoms with Crippen LogP contribution in [-0.2, 0) is 0 Å². The van der Waals surface area contributed by atoms with Gasteiger partial charge in [-0.05, 0) is 37.3 Å². The van der Waals surface area contributed by atoms with Crippen LogP contribution in [0.25, 0.3) is 0 Å². The lowest BCUT2D eigenvalue weighted by Gasteiger charge is -2.05. The number of carboxylic acids is 1. The SMILES string of the molecule is CNC(=O)c1cc(C#Cc2ccccc2)ccc1C(=O)O.Cc1ccccc1. The van der Waals surface area contributed by atoms with Gasteiger partial charge in [0.25, 0.3) is 5.91 Å². The Labute approximate surface area is 164 Å². The van der Waals surface area contributed by atoms with Crippen molar-refractivity contribution in [2.45, 2.75) is 6.92 Å². The molecule has 4 nitrogen and oxygen atoms in total. The number of carbonyl (C=O) groups is 2. The van der Waals surface area contributed by atoms with Crippen LogP contribution < -0.4 is 5.32 Å². The maximum Gasteiger partial charge on any atom is 0.336 e. The van der Waals surface area contributed by atoms with Crippen molar-refractivity contribution in [1.82, 2.24) is 5.32 Å². The fourth-order valence-electron chi connectivity index (χ4n) is 2.33. The highest BCUT2D eigenvalue weighted by Crippen LogP contribution is 2.12. The third kappa shape index (κ3) is 6.15. The Hall–Kier alpha value is -3.84. The number of nitrogens with one attached hydrogen (secondary N) is 1. The summed E-state index contributed by atoms with van der Waals surface area (Å²) >= 11 is 0. The molecule has 0 aliphatic rings. The zero-order valence-corrected chi connectivity index (χ0v) is 15.8. The normalized spacial score (nSPS) is 9.21. The van der Waals surface area contributed by atoms with Gasteiger partial charge in [-0.15, -0.1) is 0 Å². The van der Waals surface area contributed by atoms with Gasteiger partial charge in [0.15, 0.2) is 0 Å². The molecule has 140 valence electrons. The fraction of sp³-hybridized carbons (Fsp3) is 0.0833. The summed E-state index contributed by atoms with van der Waals surface area (Å²) < 4.78 is 0. The maximum atomic E-state index is 11.7. The second kappa shape index (κ2) is 10.3. The largest absolute Gasteiger partial charge is 0.478 e. The minimum Gasteiger partial charge on any atom is -0.478 e. The van der Waals surface area contributed by atoms with Crippen molar-refractivity contribution in [2.75, 3.05) is 7.05 Å². The minimum atomic E-state index is -1.14. The van der Waals surface area contributed by atoms with E-state index in [9.17, 15) is 9.59 Å². The van der Waals surface area contributed by atoms with Crippen molar-refractivity contribution in [2.24, 2.45) is 0 Å². The molecule has 0 saturated carbocycles. The molecule has 0 atom stereocenters. The van der Waals surface area contributed by atoms with Gasteiger partial charge in [-0.2, -0.15) is 0 Å². The lowest BCUT2D eigenvalue weighted by atomic mass is 10.0. The Bertz CT molecular complexity index is 1000. The van der Waals surface area contributed by atoms with E-state index < -0.39 is 11.9 Å². The first-order valence-electron chi connectivity index (χ1n) is 8.69. The molecule has 3 aromatic carbocycles. The molecular formula is C24H21NO3. The predicted molar refractivity (Wildman–Crippen MR) is 110 cm³/mol. The van der Waals surface area contributed by atoms with Gasteiger partial charge >= 0.3 is 5.97 Å². The van der Waals surface area contributed by atoms with Crippen molar-refractivity contribution in [3.8, 4) is 11.8 Å². The number of aryl methyl sites for hydroxylation is 1. The van der Waals surface area contributed by atoms with Crippen molar-refractivity contribution in [3.63, 3.8) is 0 Å². The quantitative estimate of drug-likeness (QED) is 0.666. The Morgan fingerprint density at radius 2 is 1.36 bits per heavy atom. The average molecular weight is 371 g/mol. The van der Waals surface area contributed by atoms with Crippen LogP contribution in [0.3, 0.4) is 0 Å². The predicted octanol–water partition coefficient (Wildman–Crippen LogP) is 4.14. The van der Waals surface area contributed by atoms with Gasteiger partial charge in [0.1, 0.15) is 0 Å². The first-order valence-corrected chi connectivity index (χ1v) is 8.69. The Kier molecular flexibility index (Phi) is 7.56. The summed E-state index contributed by atoms with van der Waals surface area (Å²) in [5.41, 5.74) is 2.82. The topological polar surface area (TPSA) is 66.4 Å². The molecule has 3 rings (SSSR count). The average Bonchev–Trinajstić information content (AvgIpc) is 2.73. The number of amides is 1. The van der Waals surface area contributed by atoms with Gasteiger partial charge in [-0.25, -0.2) is 4.79 Å². The summed E-state index contributed by atoms with van der Waals surface area (Å²) in [6.45, 7) is 2.08. The van der Waals surface area contributed by atoms with Crippen LogP contribution in [0.1, 0.15) is 37.4 Å². The molecule has 28 heavy (non-hydrogen) atoms. The number of carboxylic acid groups (broad SMARTS) is 1. The van der Waals surface area contributed by atoms with Gasteiger partial charge < -0.3 is 10.4 Å². The number of benzene rings is 3. The number of rotatable bonds is 2. The molecule has 0 fully saturated rings. The van der Waals surface area contributed by atoms with Crippen LogP contribution in [0.5, 0.6) is 0 Å². The summed E-state index contributed by atoms with van der Waals surface area (Å²) in [6, 6.07) is 24.1. The molecule has 1 amide bonds. The van der Waals surface area contributed by atoms with Crippen LogP contribution in [0, 0.1) is 18.8 Å². The summed E-state index contributed by atoms with van der Waals surface area (Å²) in [7, 11) is 1.45. The highest BCUT2D eigenvalue weighted by atomic mass is 16.4. The van der Waals surface area contributed by atoms with E-state index in [4.69, 9.17) is 5.11 Å². The molecule has 0 unspecified atom stereocenters. The smallest absolute Gasteiger partial charge is 0.336 e. The van der Waals surface area contributed by atoms with Gasteiger partial charge in [0.05, 0.1) is 11.1 Å². The maximum absolute atomic E-state index is 11.7.